The van der Waals surface area contributed by atoms with Gasteiger partial charge >= 0.3 is 0 Å². The van der Waals surface area contributed by atoms with Crippen molar-refractivity contribution in [2.24, 2.45) is 10.9 Å². The van der Waals surface area contributed by atoms with Crippen LogP contribution in [0, 0.1) is 5.92 Å². The van der Waals surface area contributed by atoms with E-state index < -0.39 is 0 Å². The minimum Gasteiger partial charge on any atom is -0.376 e. The molecule has 2 N–H and O–H groups in total. The predicted molar refractivity (Wildman–Crippen MR) is 104 cm³/mol. The molecule has 0 saturated carbocycles. The summed E-state index contributed by atoms with van der Waals surface area (Å²) >= 11 is 0. The van der Waals surface area contributed by atoms with E-state index in [9.17, 15) is 0 Å². The molecule has 0 spiro atoms. The second kappa shape index (κ2) is 11.3. The largest absolute Gasteiger partial charge is 0.376 e. The van der Waals surface area contributed by atoms with E-state index in [1.807, 2.05) is 22.8 Å². The van der Waals surface area contributed by atoms with E-state index in [-0.39, 0.29) is 0 Å². The number of hydrogen-bond acceptors (Lipinski definition) is 4. The van der Waals surface area contributed by atoms with Gasteiger partial charge in [0.25, 0.3) is 0 Å². The molecule has 0 radical (unpaired) electrons. The smallest absolute Gasteiger partial charge is 0.191 e. The predicted octanol–water partition coefficient (Wildman–Crippen LogP) is 2.21. The quantitative estimate of drug-likeness (QED) is 0.503. The first kappa shape index (κ1) is 19.9. The van der Waals surface area contributed by atoms with Crippen LogP contribution in [-0.2, 0) is 24.4 Å². The van der Waals surface area contributed by atoms with Gasteiger partial charge in [-0.05, 0) is 25.3 Å². The summed E-state index contributed by atoms with van der Waals surface area (Å²) in [5.74, 6) is 2.03. The Morgan fingerprint density at radius 2 is 2.04 bits per heavy atom. The maximum Gasteiger partial charge on any atom is 0.191 e. The number of nitrogens with one attached hydrogen (secondary N) is 2. The fourth-order valence-corrected chi connectivity index (χ4v) is 2.44. The molecular weight excluding hydrogens is 328 g/mol. The highest BCUT2D eigenvalue weighted by Gasteiger charge is 2.06. The van der Waals surface area contributed by atoms with E-state index in [2.05, 4.69) is 58.7 Å². The molecule has 2 aromatic rings. The summed E-state index contributed by atoms with van der Waals surface area (Å²) in [6.45, 7) is 10.6. The number of benzene rings is 1. The lowest BCUT2D eigenvalue weighted by Crippen LogP contribution is -2.40. The minimum absolute atomic E-state index is 0.377. The highest BCUT2D eigenvalue weighted by molar-refractivity contribution is 5.79. The van der Waals surface area contributed by atoms with Crippen molar-refractivity contribution in [3.05, 3.63) is 48.0 Å². The van der Waals surface area contributed by atoms with E-state index in [0.29, 0.717) is 25.7 Å². The molecule has 0 bridgehead atoms. The van der Waals surface area contributed by atoms with Gasteiger partial charge in [0.15, 0.2) is 11.8 Å². The van der Waals surface area contributed by atoms with Crippen LogP contribution in [0.2, 0.25) is 0 Å². The number of rotatable bonds is 10. The first-order chi connectivity index (χ1) is 12.7. The summed E-state index contributed by atoms with van der Waals surface area (Å²) in [5, 5.41) is 14.7. The summed E-state index contributed by atoms with van der Waals surface area (Å²) in [4.78, 5) is 4.59. The fourth-order valence-electron chi connectivity index (χ4n) is 2.44. The van der Waals surface area contributed by atoms with Crippen molar-refractivity contribution >= 4 is 5.96 Å². The van der Waals surface area contributed by atoms with Gasteiger partial charge in [-0.3, -0.25) is 0 Å². The van der Waals surface area contributed by atoms with Gasteiger partial charge in [-0.15, -0.1) is 10.2 Å². The van der Waals surface area contributed by atoms with Gasteiger partial charge in [0.1, 0.15) is 12.9 Å². The topological polar surface area (TPSA) is 76.4 Å². The zero-order chi connectivity index (χ0) is 18.6. The molecule has 0 aliphatic carbocycles. The number of guanidine groups is 1. The maximum absolute atomic E-state index is 5.80. The van der Waals surface area contributed by atoms with E-state index in [1.165, 1.54) is 5.56 Å². The average molecular weight is 358 g/mol. The summed E-state index contributed by atoms with van der Waals surface area (Å²) in [6, 6.07) is 10.2. The molecule has 0 fully saturated rings. The highest BCUT2D eigenvalue weighted by atomic mass is 16.5. The first-order valence-corrected chi connectivity index (χ1v) is 9.23. The van der Waals surface area contributed by atoms with Crippen LogP contribution in [0.4, 0.5) is 0 Å². The standard InChI is InChI=1S/C19H30N6O/c1-4-20-19(22-12-18-24-23-15-25(18)5-2)21-11-16(3)13-26-14-17-9-7-6-8-10-17/h6-10,15-16H,4-5,11-14H2,1-3H3,(H2,20,21,22). The van der Waals surface area contributed by atoms with E-state index in [0.717, 1.165) is 31.4 Å². The Hall–Kier alpha value is -2.41. The Bertz CT molecular complexity index is 655. The number of aliphatic imine (C=N–C) groups is 1. The third kappa shape index (κ3) is 6.84. The molecule has 1 unspecified atom stereocenters. The lowest BCUT2D eigenvalue weighted by atomic mass is 10.2. The third-order valence-electron chi connectivity index (χ3n) is 3.89. The average Bonchev–Trinajstić information content (AvgIpc) is 3.12. The van der Waals surface area contributed by atoms with Crippen molar-refractivity contribution < 1.29 is 4.74 Å². The summed E-state index contributed by atoms with van der Waals surface area (Å²) in [5.41, 5.74) is 1.20. The maximum atomic E-state index is 5.80. The number of nitrogens with zero attached hydrogens (tertiary/aromatic N) is 4. The van der Waals surface area contributed by atoms with Gasteiger partial charge in [-0.1, -0.05) is 37.3 Å². The van der Waals surface area contributed by atoms with E-state index >= 15 is 0 Å². The molecule has 142 valence electrons. The Balaban J connectivity index is 1.75. The van der Waals surface area contributed by atoms with Crippen molar-refractivity contribution in [2.75, 3.05) is 19.7 Å². The van der Waals surface area contributed by atoms with E-state index in [1.54, 1.807) is 6.33 Å². The monoisotopic (exact) mass is 358 g/mol. The molecule has 1 aromatic heterocycles. The molecule has 1 atom stereocenters. The summed E-state index contributed by atoms with van der Waals surface area (Å²) in [6.07, 6.45) is 1.73. The molecule has 1 aromatic carbocycles. The van der Waals surface area contributed by atoms with Crippen molar-refractivity contribution in [3.8, 4) is 0 Å². The number of hydrogen-bond donors (Lipinski definition) is 2. The van der Waals surface area contributed by atoms with Gasteiger partial charge in [0.05, 0.1) is 13.2 Å². The second-order valence-corrected chi connectivity index (χ2v) is 6.22. The van der Waals surface area contributed by atoms with Crippen molar-refractivity contribution in [2.45, 2.75) is 40.5 Å². The van der Waals surface area contributed by atoms with Crippen LogP contribution in [0.25, 0.3) is 0 Å². The molecule has 1 heterocycles. The Morgan fingerprint density at radius 1 is 1.23 bits per heavy atom. The Labute approximate surface area is 155 Å². The minimum atomic E-state index is 0.377. The van der Waals surface area contributed by atoms with Crippen LogP contribution in [-0.4, -0.2) is 40.4 Å². The number of ether oxygens (including phenoxy) is 1. The Kier molecular flexibility index (Phi) is 8.62. The van der Waals surface area contributed by atoms with Crippen molar-refractivity contribution in [1.82, 2.24) is 25.4 Å². The molecule has 26 heavy (non-hydrogen) atoms. The number of aromatic nitrogens is 3. The van der Waals surface area contributed by atoms with Crippen LogP contribution in [0.1, 0.15) is 32.2 Å². The van der Waals surface area contributed by atoms with Gasteiger partial charge < -0.3 is 19.9 Å². The van der Waals surface area contributed by atoms with Crippen LogP contribution < -0.4 is 10.6 Å². The molecule has 7 nitrogen and oxygen atoms in total. The zero-order valence-electron chi connectivity index (χ0n) is 16.0. The second-order valence-electron chi connectivity index (χ2n) is 6.22. The van der Waals surface area contributed by atoms with Crippen LogP contribution in [0.15, 0.2) is 41.7 Å². The van der Waals surface area contributed by atoms with Gasteiger partial charge in [-0.25, -0.2) is 4.99 Å². The van der Waals surface area contributed by atoms with Gasteiger partial charge in [-0.2, -0.15) is 0 Å². The molecule has 0 saturated heterocycles. The normalized spacial score (nSPS) is 12.8. The molecule has 0 aliphatic heterocycles. The van der Waals surface area contributed by atoms with Gasteiger partial charge in [0.2, 0.25) is 0 Å². The SMILES string of the molecule is CCNC(=NCc1nncn1CC)NCC(C)COCc1ccccc1. The van der Waals surface area contributed by atoms with Crippen LogP contribution in [0.5, 0.6) is 0 Å². The summed E-state index contributed by atoms with van der Waals surface area (Å²) in [7, 11) is 0. The molecule has 0 amide bonds. The summed E-state index contributed by atoms with van der Waals surface area (Å²) < 4.78 is 7.79. The first-order valence-electron chi connectivity index (χ1n) is 9.23. The van der Waals surface area contributed by atoms with Crippen LogP contribution >= 0.6 is 0 Å². The molecular formula is C19H30N6O. The van der Waals surface area contributed by atoms with E-state index in [4.69, 9.17) is 4.74 Å². The fraction of sp³-hybridized carbons (Fsp3) is 0.526. The highest BCUT2D eigenvalue weighted by Crippen LogP contribution is 2.03. The lowest BCUT2D eigenvalue weighted by molar-refractivity contribution is 0.0931. The third-order valence-corrected chi connectivity index (χ3v) is 3.89. The Morgan fingerprint density at radius 3 is 2.77 bits per heavy atom. The molecule has 0 aliphatic rings. The van der Waals surface area contributed by atoms with Crippen LogP contribution in [0.3, 0.4) is 0 Å². The van der Waals surface area contributed by atoms with Crippen molar-refractivity contribution in [1.29, 1.82) is 0 Å². The molecule has 7 heteroatoms. The lowest BCUT2D eigenvalue weighted by Gasteiger charge is -2.16. The van der Waals surface area contributed by atoms with Crippen molar-refractivity contribution in [3.63, 3.8) is 0 Å². The zero-order valence-corrected chi connectivity index (χ0v) is 16.0. The van der Waals surface area contributed by atoms with Gasteiger partial charge in [0, 0.05) is 19.6 Å². The molecule has 2 rings (SSSR count). The number of aryl methyl sites for hydroxylation is 1.